The normalized spacial score (nSPS) is 31.5. The summed E-state index contributed by atoms with van der Waals surface area (Å²) in [6.45, 7) is 5.56. The van der Waals surface area contributed by atoms with E-state index in [9.17, 15) is 4.79 Å². The molecule has 0 spiro atoms. The molecule has 88 valence electrons. The Kier molecular flexibility index (Phi) is 5.09. The van der Waals surface area contributed by atoms with Gasteiger partial charge in [-0.2, -0.15) is 0 Å². The van der Waals surface area contributed by atoms with Crippen LogP contribution in [-0.4, -0.2) is 18.5 Å². The molecule has 3 N–H and O–H groups in total. The SMILES string of the molecule is CC1CCC(C)C(NCCCC(N)=O)C1. The summed E-state index contributed by atoms with van der Waals surface area (Å²) in [5.74, 6) is 1.42. The van der Waals surface area contributed by atoms with E-state index in [4.69, 9.17) is 5.73 Å². The third-order valence-corrected chi connectivity index (χ3v) is 3.46. The maximum Gasteiger partial charge on any atom is 0.217 e. The van der Waals surface area contributed by atoms with Crippen molar-refractivity contribution in [2.75, 3.05) is 6.54 Å². The summed E-state index contributed by atoms with van der Waals surface area (Å²) in [6.07, 6.45) is 5.34. The molecule has 15 heavy (non-hydrogen) atoms. The molecule has 3 atom stereocenters. The lowest BCUT2D eigenvalue weighted by Crippen LogP contribution is -2.40. The van der Waals surface area contributed by atoms with E-state index in [1.54, 1.807) is 0 Å². The first-order valence-electron chi connectivity index (χ1n) is 6.11. The van der Waals surface area contributed by atoms with Gasteiger partial charge in [-0.1, -0.05) is 20.3 Å². The number of nitrogens with two attached hydrogens (primary N) is 1. The van der Waals surface area contributed by atoms with Crippen molar-refractivity contribution >= 4 is 5.91 Å². The van der Waals surface area contributed by atoms with E-state index in [1.165, 1.54) is 19.3 Å². The highest BCUT2D eigenvalue weighted by atomic mass is 16.1. The van der Waals surface area contributed by atoms with Crippen molar-refractivity contribution in [1.29, 1.82) is 0 Å². The molecule has 0 heterocycles. The summed E-state index contributed by atoms with van der Waals surface area (Å²) in [7, 11) is 0. The van der Waals surface area contributed by atoms with Crippen LogP contribution in [-0.2, 0) is 4.79 Å². The minimum absolute atomic E-state index is 0.193. The molecule has 1 amide bonds. The third-order valence-electron chi connectivity index (χ3n) is 3.46. The second kappa shape index (κ2) is 6.11. The van der Waals surface area contributed by atoms with Crippen LogP contribution in [0.2, 0.25) is 0 Å². The summed E-state index contributed by atoms with van der Waals surface area (Å²) in [5.41, 5.74) is 5.09. The van der Waals surface area contributed by atoms with Crippen LogP contribution in [0.3, 0.4) is 0 Å². The van der Waals surface area contributed by atoms with E-state index in [0.29, 0.717) is 12.5 Å². The van der Waals surface area contributed by atoms with E-state index in [2.05, 4.69) is 19.2 Å². The van der Waals surface area contributed by atoms with Crippen molar-refractivity contribution in [1.82, 2.24) is 5.32 Å². The Bertz CT molecular complexity index is 206. The zero-order valence-corrected chi connectivity index (χ0v) is 9.96. The van der Waals surface area contributed by atoms with Crippen LogP contribution in [0.5, 0.6) is 0 Å². The quantitative estimate of drug-likeness (QED) is 0.681. The number of carbonyl (C=O) groups is 1. The predicted molar refractivity (Wildman–Crippen MR) is 62.4 cm³/mol. The molecule has 0 aliphatic heterocycles. The Morgan fingerprint density at radius 2 is 2.13 bits per heavy atom. The van der Waals surface area contributed by atoms with Gasteiger partial charge in [0.15, 0.2) is 0 Å². The number of hydrogen-bond acceptors (Lipinski definition) is 2. The molecule has 0 radical (unpaired) electrons. The molecule has 1 saturated carbocycles. The molecule has 1 aliphatic rings. The van der Waals surface area contributed by atoms with E-state index in [-0.39, 0.29) is 5.91 Å². The van der Waals surface area contributed by atoms with Crippen molar-refractivity contribution in [2.24, 2.45) is 17.6 Å². The topological polar surface area (TPSA) is 55.1 Å². The molecule has 0 saturated heterocycles. The second-order valence-corrected chi connectivity index (χ2v) is 5.03. The Morgan fingerprint density at radius 1 is 1.40 bits per heavy atom. The Hall–Kier alpha value is -0.570. The lowest BCUT2D eigenvalue weighted by atomic mass is 9.80. The van der Waals surface area contributed by atoms with Gasteiger partial charge < -0.3 is 11.1 Å². The van der Waals surface area contributed by atoms with Gasteiger partial charge in [0.05, 0.1) is 0 Å². The molecule has 1 rings (SSSR count). The van der Waals surface area contributed by atoms with Gasteiger partial charge in [0, 0.05) is 12.5 Å². The zero-order valence-electron chi connectivity index (χ0n) is 9.96. The second-order valence-electron chi connectivity index (χ2n) is 5.03. The van der Waals surface area contributed by atoms with Gasteiger partial charge >= 0.3 is 0 Å². The third kappa shape index (κ3) is 4.65. The van der Waals surface area contributed by atoms with Gasteiger partial charge in [0.1, 0.15) is 0 Å². The lowest BCUT2D eigenvalue weighted by Gasteiger charge is -2.33. The van der Waals surface area contributed by atoms with Gasteiger partial charge in [-0.15, -0.1) is 0 Å². The summed E-state index contributed by atoms with van der Waals surface area (Å²) < 4.78 is 0. The molecular weight excluding hydrogens is 188 g/mol. The monoisotopic (exact) mass is 212 g/mol. The fourth-order valence-electron chi connectivity index (χ4n) is 2.37. The molecule has 0 aromatic carbocycles. The first kappa shape index (κ1) is 12.5. The van der Waals surface area contributed by atoms with E-state index in [1.807, 2.05) is 0 Å². The van der Waals surface area contributed by atoms with Crippen LogP contribution in [0.25, 0.3) is 0 Å². The molecule has 3 nitrogen and oxygen atoms in total. The highest BCUT2D eigenvalue weighted by molar-refractivity contribution is 5.73. The van der Waals surface area contributed by atoms with Gasteiger partial charge in [-0.25, -0.2) is 0 Å². The molecular formula is C12H24N2O. The van der Waals surface area contributed by atoms with Crippen molar-refractivity contribution in [3.05, 3.63) is 0 Å². The summed E-state index contributed by atoms with van der Waals surface area (Å²) >= 11 is 0. The number of rotatable bonds is 5. The molecule has 3 unspecified atom stereocenters. The van der Waals surface area contributed by atoms with E-state index in [0.717, 1.165) is 24.8 Å². The van der Waals surface area contributed by atoms with Crippen LogP contribution in [0, 0.1) is 11.8 Å². The smallest absolute Gasteiger partial charge is 0.217 e. The van der Waals surface area contributed by atoms with Crippen molar-refractivity contribution in [3.63, 3.8) is 0 Å². The van der Waals surface area contributed by atoms with Crippen LogP contribution < -0.4 is 11.1 Å². The summed E-state index contributed by atoms with van der Waals surface area (Å²) in [4.78, 5) is 10.6. The molecule has 1 aliphatic carbocycles. The minimum atomic E-state index is -0.193. The summed E-state index contributed by atoms with van der Waals surface area (Å²) in [6, 6.07) is 0.640. The number of hydrogen-bond donors (Lipinski definition) is 2. The summed E-state index contributed by atoms with van der Waals surface area (Å²) in [5, 5.41) is 3.55. The number of nitrogens with one attached hydrogen (secondary N) is 1. The molecule has 0 aromatic rings. The van der Waals surface area contributed by atoms with Crippen LogP contribution in [0.1, 0.15) is 46.0 Å². The number of carbonyl (C=O) groups excluding carboxylic acids is 1. The highest BCUT2D eigenvalue weighted by Gasteiger charge is 2.24. The average Bonchev–Trinajstić information content (AvgIpc) is 2.17. The van der Waals surface area contributed by atoms with E-state index >= 15 is 0 Å². The Labute approximate surface area is 92.8 Å². The Balaban J connectivity index is 2.16. The van der Waals surface area contributed by atoms with E-state index < -0.39 is 0 Å². The predicted octanol–water partition coefficient (Wildman–Crippen LogP) is 1.67. The Morgan fingerprint density at radius 3 is 2.80 bits per heavy atom. The van der Waals surface area contributed by atoms with Gasteiger partial charge in [0.2, 0.25) is 5.91 Å². The molecule has 0 aromatic heterocycles. The molecule has 3 heteroatoms. The van der Waals surface area contributed by atoms with Crippen LogP contribution in [0.15, 0.2) is 0 Å². The van der Waals surface area contributed by atoms with Gasteiger partial charge in [-0.3, -0.25) is 4.79 Å². The largest absolute Gasteiger partial charge is 0.370 e. The average molecular weight is 212 g/mol. The van der Waals surface area contributed by atoms with Gasteiger partial charge in [-0.05, 0) is 37.6 Å². The first-order chi connectivity index (χ1) is 7.09. The maximum atomic E-state index is 10.6. The fraction of sp³-hybridized carbons (Fsp3) is 0.917. The maximum absolute atomic E-state index is 10.6. The zero-order chi connectivity index (χ0) is 11.3. The molecule has 1 fully saturated rings. The van der Waals surface area contributed by atoms with Crippen molar-refractivity contribution in [2.45, 2.75) is 52.0 Å². The van der Waals surface area contributed by atoms with Gasteiger partial charge in [0.25, 0.3) is 0 Å². The van der Waals surface area contributed by atoms with Crippen molar-refractivity contribution in [3.8, 4) is 0 Å². The number of primary amides is 1. The number of amides is 1. The highest BCUT2D eigenvalue weighted by Crippen LogP contribution is 2.28. The first-order valence-corrected chi connectivity index (χ1v) is 6.11. The standard InChI is InChI=1S/C12H24N2O/c1-9-5-6-10(2)11(8-9)14-7-3-4-12(13)15/h9-11,14H,3-8H2,1-2H3,(H2,13,15). The molecule has 0 bridgehead atoms. The van der Waals surface area contributed by atoms with Crippen LogP contribution in [0.4, 0.5) is 0 Å². The van der Waals surface area contributed by atoms with Crippen LogP contribution >= 0.6 is 0 Å². The minimum Gasteiger partial charge on any atom is -0.370 e. The fourth-order valence-corrected chi connectivity index (χ4v) is 2.37. The van der Waals surface area contributed by atoms with Crippen molar-refractivity contribution < 1.29 is 4.79 Å². The lowest BCUT2D eigenvalue weighted by molar-refractivity contribution is -0.118.